The summed E-state index contributed by atoms with van der Waals surface area (Å²) in [6, 6.07) is 0.802. The Morgan fingerprint density at radius 2 is 2.21 bits per heavy atom. The molecule has 1 nitrogen and oxygen atoms in total. The van der Waals surface area contributed by atoms with Crippen LogP contribution in [0.1, 0.15) is 26.7 Å². The molecule has 0 spiro atoms. The van der Waals surface area contributed by atoms with E-state index < -0.39 is 0 Å². The molecule has 0 aromatic carbocycles. The summed E-state index contributed by atoms with van der Waals surface area (Å²) >= 11 is 4.20. The third-order valence-corrected chi connectivity index (χ3v) is 4.98. The van der Waals surface area contributed by atoms with Crippen molar-refractivity contribution in [3.05, 3.63) is 0 Å². The van der Waals surface area contributed by atoms with Gasteiger partial charge in [0.25, 0.3) is 0 Å². The molecule has 84 valence electrons. The molecular formula is C11H23NS2. The number of thioether (sulfide) groups is 2. The Balaban J connectivity index is 2.09. The summed E-state index contributed by atoms with van der Waals surface area (Å²) in [7, 11) is 0. The second-order valence-electron chi connectivity index (χ2n) is 3.80. The van der Waals surface area contributed by atoms with Gasteiger partial charge in [-0.05, 0) is 42.6 Å². The molecule has 2 atom stereocenters. The number of hydrogen-bond donors (Lipinski definition) is 1. The van der Waals surface area contributed by atoms with Crippen molar-refractivity contribution in [1.82, 2.24) is 5.32 Å². The van der Waals surface area contributed by atoms with Gasteiger partial charge in [-0.2, -0.15) is 23.5 Å². The van der Waals surface area contributed by atoms with Gasteiger partial charge in [0, 0.05) is 11.8 Å². The molecule has 0 aliphatic carbocycles. The van der Waals surface area contributed by atoms with Crippen LogP contribution < -0.4 is 5.32 Å². The maximum Gasteiger partial charge on any atom is 0.0194 e. The lowest BCUT2D eigenvalue weighted by Crippen LogP contribution is -2.35. The average molecular weight is 233 g/mol. The van der Waals surface area contributed by atoms with Crippen molar-refractivity contribution in [2.45, 2.75) is 32.7 Å². The monoisotopic (exact) mass is 233 g/mol. The quantitative estimate of drug-likeness (QED) is 0.679. The van der Waals surface area contributed by atoms with Gasteiger partial charge in [0.2, 0.25) is 0 Å². The van der Waals surface area contributed by atoms with E-state index >= 15 is 0 Å². The normalized spacial score (nSPS) is 27.0. The van der Waals surface area contributed by atoms with Gasteiger partial charge >= 0.3 is 0 Å². The summed E-state index contributed by atoms with van der Waals surface area (Å²) in [5.41, 5.74) is 0. The van der Waals surface area contributed by atoms with Crippen molar-refractivity contribution >= 4 is 23.5 Å². The first-order chi connectivity index (χ1) is 6.88. The van der Waals surface area contributed by atoms with Crippen molar-refractivity contribution in [1.29, 1.82) is 0 Å². The Kier molecular flexibility index (Phi) is 7.17. The Morgan fingerprint density at radius 1 is 1.36 bits per heavy atom. The first-order valence-electron chi connectivity index (χ1n) is 5.77. The van der Waals surface area contributed by atoms with Crippen molar-refractivity contribution < 1.29 is 0 Å². The van der Waals surface area contributed by atoms with Crippen LogP contribution in [-0.4, -0.2) is 35.6 Å². The number of hydrogen-bond acceptors (Lipinski definition) is 3. The van der Waals surface area contributed by atoms with Gasteiger partial charge in [-0.25, -0.2) is 0 Å². The van der Waals surface area contributed by atoms with Gasteiger partial charge in [0.15, 0.2) is 0 Å². The van der Waals surface area contributed by atoms with Gasteiger partial charge < -0.3 is 5.32 Å². The van der Waals surface area contributed by atoms with Gasteiger partial charge in [0.05, 0.1) is 0 Å². The molecule has 1 saturated heterocycles. The van der Waals surface area contributed by atoms with E-state index in [1.165, 1.54) is 35.9 Å². The molecule has 0 amide bonds. The molecule has 1 aliphatic heterocycles. The fourth-order valence-electron chi connectivity index (χ4n) is 1.96. The van der Waals surface area contributed by atoms with Crippen molar-refractivity contribution in [3.63, 3.8) is 0 Å². The average Bonchev–Trinajstić information content (AvgIpc) is 2.61. The van der Waals surface area contributed by atoms with Crippen LogP contribution >= 0.6 is 23.5 Å². The van der Waals surface area contributed by atoms with Crippen molar-refractivity contribution in [3.8, 4) is 0 Å². The maximum atomic E-state index is 3.61. The summed E-state index contributed by atoms with van der Waals surface area (Å²) in [6.45, 7) is 5.59. The molecular weight excluding hydrogens is 210 g/mol. The minimum Gasteiger partial charge on any atom is -0.313 e. The molecule has 1 rings (SSSR count). The Bertz CT molecular complexity index is 141. The van der Waals surface area contributed by atoms with E-state index in [1.807, 2.05) is 0 Å². The fourth-order valence-corrected chi connectivity index (χ4v) is 4.10. The molecule has 2 unspecified atom stereocenters. The Morgan fingerprint density at radius 3 is 2.93 bits per heavy atom. The Hall–Kier alpha value is 0.660. The van der Waals surface area contributed by atoms with Gasteiger partial charge in [-0.3, -0.25) is 0 Å². The summed E-state index contributed by atoms with van der Waals surface area (Å²) in [5, 5.41) is 3.61. The molecule has 1 heterocycles. The van der Waals surface area contributed by atoms with E-state index in [-0.39, 0.29) is 0 Å². The van der Waals surface area contributed by atoms with Crippen LogP contribution in [0.15, 0.2) is 0 Å². The van der Waals surface area contributed by atoms with Crippen LogP contribution in [0.25, 0.3) is 0 Å². The standard InChI is InChI=1S/C11H23NS2/c1-3-12-11-9-14-8-10(11)6-5-7-13-4-2/h10-12H,3-9H2,1-2H3. The first-order valence-corrected chi connectivity index (χ1v) is 8.08. The lowest BCUT2D eigenvalue weighted by atomic mass is 9.98. The van der Waals surface area contributed by atoms with Crippen LogP contribution in [0.5, 0.6) is 0 Å². The summed E-state index contributed by atoms with van der Waals surface area (Å²) in [6.07, 6.45) is 2.84. The maximum absolute atomic E-state index is 3.61. The van der Waals surface area contributed by atoms with E-state index in [4.69, 9.17) is 0 Å². The third-order valence-electron chi connectivity index (χ3n) is 2.73. The molecule has 0 aromatic heterocycles. The van der Waals surface area contributed by atoms with Gasteiger partial charge in [-0.15, -0.1) is 0 Å². The highest BCUT2D eigenvalue weighted by molar-refractivity contribution is 7.99. The van der Waals surface area contributed by atoms with Crippen LogP contribution in [0.2, 0.25) is 0 Å². The number of nitrogens with one attached hydrogen (secondary N) is 1. The van der Waals surface area contributed by atoms with E-state index in [9.17, 15) is 0 Å². The van der Waals surface area contributed by atoms with Gasteiger partial charge in [0.1, 0.15) is 0 Å². The van der Waals surface area contributed by atoms with Crippen molar-refractivity contribution in [2.24, 2.45) is 5.92 Å². The highest BCUT2D eigenvalue weighted by atomic mass is 32.2. The molecule has 0 radical (unpaired) electrons. The first kappa shape index (κ1) is 12.7. The highest BCUT2D eigenvalue weighted by Crippen LogP contribution is 2.28. The third kappa shape index (κ3) is 4.45. The minimum atomic E-state index is 0.802. The predicted octanol–water partition coefficient (Wildman–Crippen LogP) is 2.86. The fraction of sp³-hybridized carbons (Fsp3) is 1.00. The van der Waals surface area contributed by atoms with Crippen LogP contribution in [0, 0.1) is 5.92 Å². The molecule has 14 heavy (non-hydrogen) atoms. The molecule has 3 heteroatoms. The van der Waals surface area contributed by atoms with Gasteiger partial charge in [-0.1, -0.05) is 13.8 Å². The van der Waals surface area contributed by atoms with E-state index in [2.05, 4.69) is 42.7 Å². The van der Waals surface area contributed by atoms with Crippen LogP contribution in [0.3, 0.4) is 0 Å². The van der Waals surface area contributed by atoms with E-state index in [0.29, 0.717) is 0 Å². The van der Waals surface area contributed by atoms with Crippen LogP contribution in [-0.2, 0) is 0 Å². The number of rotatable bonds is 7. The van der Waals surface area contributed by atoms with E-state index in [1.54, 1.807) is 0 Å². The molecule has 0 saturated carbocycles. The topological polar surface area (TPSA) is 12.0 Å². The summed E-state index contributed by atoms with van der Waals surface area (Å²) < 4.78 is 0. The zero-order valence-electron chi connectivity index (χ0n) is 9.42. The largest absolute Gasteiger partial charge is 0.313 e. The summed E-state index contributed by atoms with van der Waals surface area (Å²) in [5.74, 6) is 6.29. The lowest BCUT2D eigenvalue weighted by Gasteiger charge is -2.19. The summed E-state index contributed by atoms with van der Waals surface area (Å²) in [4.78, 5) is 0. The van der Waals surface area contributed by atoms with Crippen molar-refractivity contribution in [2.75, 3.05) is 29.6 Å². The zero-order chi connectivity index (χ0) is 10.2. The predicted molar refractivity (Wildman–Crippen MR) is 70.5 cm³/mol. The smallest absolute Gasteiger partial charge is 0.0194 e. The highest BCUT2D eigenvalue weighted by Gasteiger charge is 2.25. The molecule has 0 bridgehead atoms. The minimum absolute atomic E-state index is 0.802. The second-order valence-corrected chi connectivity index (χ2v) is 6.27. The molecule has 1 fully saturated rings. The van der Waals surface area contributed by atoms with E-state index in [0.717, 1.165) is 18.5 Å². The Labute approximate surface area is 97.2 Å². The van der Waals surface area contributed by atoms with Crippen LogP contribution in [0.4, 0.5) is 0 Å². The SMILES string of the molecule is CCNC1CSCC1CCCSCC. The molecule has 1 aliphatic rings. The zero-order valence-corrected chi connectivity index (χ0v) is 11.1. The molecule has 1 N–H and O–H groups in total. The molecule has 0 aromatic rings. The second kappa shape index (κ2) is 7.89. The lowest BCUT2D eigenvalue weighted by molar-refractivity contribution is 0.410.